The molecular weight excluding hydrogens is 248 g/mol. The Morgan fingerprint density at radius 1 is 1.05 bits per heavy atom. The van der Waals surface area contributed by atoms with Gasteiger partial charge in [-0.25, -0.2) is 5.43 Å². The van der Waals surface area contributed by atoms with Crippen LogP contribution in [0, 0.1) is 0 Å². The summed E-state index contributed by atoms with van der Waals surface area (Å²) in [5, 5.41) is 0. The first kappa shape index (κ1) is 13.8. The maximum atomic E-state index is 5.85. The van der Waals surface area contributed by atoms with Gasteiger partial charge in [0.1, 0.15) is 0 Å². The second-order valence-corrected chi connectivity index (χ2v) is 5.85. The Morgan fingerprint density at radius 3 is 2.80 bits per heavy atom. The van der Waals surface area contributed by atoms with Crippen LogP contribution in [0.5, 0.6) is 0 Å². The number of nitrogens with two attached hydrogens (primary N) is 1. The lowest BCUT2D eigenvalue weighted by Crippen LogP contribution is -2.29. The molecule has 1 heterocycles. The maximum absolute atomic E-state index is 5.85. The topological polar surface area (TPSA) is 47.3 Å². The summed E-state index contributed by atoms with van der Waals surface area (Å²) < 4.78 is 5.50. The van der Waals surface area contributed by atoms with Crippen LogP contribution in [0.4, 0.5) is 0 Å². The van der Waals surface area contributed by atoms with Crippen LogP contribution in [-0.2, 0) is 18.0 Å². The number of hydrogen-bond donors (Lipinski definition) is 2. The fourth-order valence-corrected chi connectivity index (χ4v) is 3.27. The first-order valence-electron chi connectivity index (χ1n) is 7.73. The fourth-order valence-electron chi connectivity index (χ4n) is 3.27. The molecule has 0 fully saturated rings. The van der Waals surface area contributed by atoms with Crippen molar-refractivity contribution in [3.63, 3.8) is 0 Å². The zero-order valence-corrected chi connectivity index (χ0v) is 12.0. The third kappa shape index (κ3) is 2.95. The van der Waals surface area contributed by atoms with Gasteiger partial charge in [0.15, 0.2) is 0 Å². The van der Waals surface area contributed by atoms with Gasteiger partial charge in [-0.05, 0) is 42.4 Å². The second kappa shape index (κ2) is 6.53. The van der Waals surface area contributed by atoms with E-state index in [9.17, 15) is 0 Å². The number of hydrazine groups is 1. The lowest BCUT2D eigenvalue weighted by atomic mass is 9.90. The SMILES string of the molecule is NNC(/C1=C/CCCCCC1)c1ccc2c(c1)COC2. The van der Waals surface area contributed by atoms with E-state index >= 15 is 0 Å². The van der Waals surface area contributed by atoms with Crippen LogP contribution in [0.1, 0.15) is 61.3 Å². The lowest BCUT2D eigenvalue weighted by molar-refractivity contribution is 0.134. The van der Waals surface area contributed by atoms with Gasteiger partial charge in [0.2, 0.25) is 0 Å². The molecule has 0 bridgehead atoms. The van der Waals surface area contributed by atoms with E-state index in [1.807, 2.05) is 0 Å². The van der Waals surface area contributed by atoms with Crippen LogP contribution >= 0.6 is 0 Å². The quantitative estimate of drug-likeness (QED) is 0.503. The van der Waals surface area contributed by atoms with Crippen LogP contribution in [-0.4, -0.2) is 0 Å². The summed E-state index contributed by atoms with van der Waals surface area (Å²) >= 11 is 0. The van der Waals surface area contributed by atoms with Gasteiger partial charge >= 0.3 is 0 Å². The molecule has 0 radical (unpaired) electrons. The molecular formula is C17H24N2O. The van der Waals surface area contributed by atoms with E-state index in [1.165, 1.54) is 54.4 Å². The van der Waals surface area contributed by atoms with Gasteiger partial charge in [-0.2, -0.15) is 0 Å². The largest absolute Gasteiger partial charge is 0.372 e. The summed E-state index contributed by atoms with van der Waals surface area (Å²) in [7, 11) is 0. The van der Waals surface area contributed by atoms with Crippen molar-refractivity contribution in [2.75, 3.05) is 0 Å². The molecule has 1 aromatic carbocycles. The van der Waals surface area contributed by atoms with Crippen molar-refractivity contribution in [3.05, 3.63) is 46.5 Å². The minimum atomic E-state index is 0.152. The number of nitrogens with one attached hydrogen (secondary N) is 1. The smallest absolute Gasteiger partial charge is 0.0725 e. The number of benzene rings is 1. The van der Waals surface area contributed by atoms with Gasteiger partial charge in [-0.1, -0.05) is 42.7 Å². The molecule has 1 atom stereocenters. The predicted molar refractivity (Wildman–Crippen MR) is 80.8 cm³/mol. The first-order valence-corrected chi connectivity index (χ1v) is 7.73. The van der Waals surface area contributed by atoms with E-state index in [-0.39, 0.29) is 6.04 Å². The minimum absolute atomic E-state index is 0.152. The Kier molecular flexibility index (Phi) is 4.51. The molecule has 3 rings (SSSR count). The van der Waals surface area contributed by atoms with Crippen LogP contribution in [0.2, 0.25) is 0 Å². The van der Waals surface area contributed by atoms with Crippen molar-refractivity contribution in [3.8, 4) is 0 Å². The Bertz CT molecular complexity index is 496. The van der Waals surface area contributed by atoms with Crippen LogP contribution in [0.15, 0.2) is 29.8 Å². The average molecular weight is 272 g/mol. The highest BCUT2D eigenvalue weighted by Crippen LogP contribution is 2.31. The van der Waals surface area contributed by atoms with E-state index in [1.54, 1.807) is 0 Å². The Balaban J connectivity index is 1.84. The second-order valence-electron chi connectivity index (χ2n) is 5.85. The average Bonchev–Trinajstić information content (AvgIpc) is 2.89. The van der Waals surface area contributed by atoms with E-state index in [0.717, 1.165) is 19.6 Å². The molecule has 0 aromatic heterocycles. The highest BCUT2D eigenvalue weighted by molar-refractivity contribution is 5.37. The predicted octanol–water partition coefficient (Wildman–Crippen LogP) is 3.50. The Labute approximate surface area is 121 Å². The molecule has 3 nitrogen and oxygen atoms in total. The molecule has 3 heteroatoms. The zero-order valence-electron chi connectivity index (χ0n) is 12.0. The maximum Gasteiger partial charge on any atom is 0.0725 e. The summed E-state index contributed by atoms with van der Waals surface area (Å²) in [4.78, 5) is 0. The Hall–Kier alpha value is -1.16. The van der Waals surface area contributed by atoms with Crippen molar-refractivity contribution in [1.29, 1.82) is 0 Å². The highest BCUT2D eigenvalue weighted by atomic mass is 16.5. The first-order chi connectivity index (χ1) is 9.88. The van der Waals surface area contributed by atoms with Crippen LogP contribution < -0.4 is 11.3 Å². The summed E-state index contributed by atoms with van der Waals surface area (Å²) in [6, 6.07) is 6.79. The highest BCUT2D eigenvalue weighted by Gasteiger charge is 2.19. The molecule has 20 heavy (non-hydrogen) atoms. The summed E-state index contributed by atoms with van der Waals surface area (Å²) in [6.07, 6.45) is 10.0. The van der Waals surface area contributed by atoms with Gasteiger partial charge in [0.25, 0.3) is 0 Å². The molecule has 0 amide bonds. The van der Waals surface area contributed by atoms with Gasteiger partial charge in [0.05, 0.1) is 19.3 Å². The number of fused-ring (bicyclic) bond motifs is 1. The third-order valence-corrected chi connectivity index (χ3v) is 4.44. The normalized spacial score (nSPS) is 23.4. The van der Waals surface area contributed by atoms with E-state index in [0.29, 0.717) is 0 Å². The van der Waals surface area contributed by atoms with Crippen molar-refractivity contribution < 1.29 is 4.74 Å². The van der Waals surface area contributed by atoms with E-state index in [4.69, 9.17) is 10.6 Å². The Morgan fingerprint density at radius 2 is 1.90 bits per heavy atom. The fraction of sp³-hybridized carbons (Fsp3) is 0.529. The summed E-state index contributed by atoms with van der Waals surface area (Å²) in [5.74, 6) is 5.85. The van der Waals surface area contributed by atoms with Gasteiger partial charge in [-0.3, -0.25) is 5.84 Å². The number of ether oxygens (including phenoxy) is 1. The number of rotatable bonds is 3. The van der Waals surface area contributed by atoms with Crippen molar-refractivity contribution in [2.24, 2.45) is 5.84 Å². The van der Waals surface area contributed by atoms with Crippen molar-refractivity contribution in [2.45, 2.75) is 57.8 Å². The zero-order chi connectivity index (χ0) is 13.8. The molecule has 1 unspecified atom stereocenters. The molecule has 0 saturated carbocycles. The van der Waals surface area contributed by atoms with E-state index in [2.05, 4.69) is 29.7 Å². The van der Waals surface area contributed by atoms with E-state index < -0.39 is 0 Å². The summed E-state index contributed by atoms with van der Waals surface area (Å²) in [5.41, 5.74) is 8.37. The van der Waals surface area contributed by atoms with Crippen LogP contribution in [0.25, 0.3) is 0 Å². The van der Waals surface area contributed by atoms with Gasteiger partial charge in [0, 0.05) is 0 Å². The molecule has 1 aliphatic heterocycles. The van der Waals surface area contributed by atoms with Gasteiger partial charge in [-0.15, -0.1) is 0 Å². The van der Waals surface area contributed by atoms with Crippen molar-refractivity contribution in [1.82, 2.24) is 5.43 Å². The molecule has 0 spiro atoms. The molecule has 1 aromatic rings. The minimum Gasteiger partial charge on any atom is -0.372 e. The standard InChI is InChI=1S/C17H24N2O/c18-19-17(13-6-4-2-1-3-5-7-13)14-8-9-15-11-20-12-16(15)10-14/h6,8-10,17,19H,1-5,7,11-12,18H2/b13-6+. The molecule has 0 saturated heterocycles. The van der Waals surface area contributed by atoms with Crippen molar-refractivity contribution >= 4 is 0 Å². The van der Waals surface area contributed by atoms with Gasteiger partial charge < -0.3 is 4.74 Å². The van der Waals surface area contributed by atoms with Crippen LogP contribution in [0.3, 0.4) is 0 Å². The third-order valence-electron chi connectivity index (χ3n) is 4.44. The molecule has 1 aliphatic carbocycles. The lowest BCUT2D eigenvalue weighted by Gasteiger charge is -2.22. The molecule has 3 N–H and O–H groups in total. The molecule has 108 valence electrons. The monoisotopic (exact) mass is 272 g/mol. The number of allylic oxidation sites excluding steroid dienone is 1. The summed E-state index contributed by atoms with van der Waals surface area (Å²) in [6.45, 7) is 1.48. The molecule has 2 aliphatic rings. The number of hydrogen-bond acceptors (Lipinski definition) is 3.